The largest absolute Gasteiger partial charge is 0.484 e. The lowest BCUT2D eigenvalue weighted by atomic mass is 10.2. The molecule has 0 saturated heterocycles. The van der Waals surface area contributed by atoms with Gasteiger partial charge < -0.3 is 10.1 Å². The van der Waals surface area contributed by atoms with E-state index in [0.717, 1.165) is 12.1 Å². The lowest BCUT2D eigenvalue weighted by Crippen LogP contribution is -2.20. The predicted octanol–water partition coefficient (Wildman–Crippen LogP) is 3.73. The number of aldehydes is 1. The number of halogens is 2. The van der Waals surface area contributed by atoms with Gasteiger partial charge in [0.2, 0.25) is 0 Å². The fraction of sp³-hybridized carbons (Fsp3) is 0.0667. The molecule has 0 aliphatic heterocycles. The summed E-state index contributed by atoms with van der Waals surface area (Å²) in [5.74, 6) is -0.149. The lowest BCUT2D eigenvalue weighted by Gasteiger charge is -2.10. The number of amides is 1. The van der Waals surface area contributed by atoms with E-state index in [0.29, 0.717) is 17.6 Å². The molecule has 1 amide bonds. The minimum Gasteiger partial charge on any atom is -0.484 e. The minimum absolute atomic E-state index is 0.0575. The summed E-state index contributed by atoms with van der Waals surface area (Å²) < 4.78 is 5.26. The molecule has 7 nitrogen and oxygen atoms in total. The van der Waals surface area contributed by atoms with Gasteiger partial charge >= 0.3 is 0 Å². The van der Waals surface area contributed by atoms with Crippen molar-refractivity contribution in [2.45, 2.75) is 0 Å². The molecule has 0 saturated carbocycles. The second-order valence-electron chi connectivity index (χ2n) is 4.57. The predicted molar refractivity (Wildman–Crippen MR) is 89.1 cm³/mol. The molecular formula is C15H10Cl2N2O5. The SMILES string of the molecule is O=Cc1ccc(OCC(=O)Nc2c(Cl)cc([N+](=O)[O-])cc2Cl)cc1. The third-order valence-electron chi connectivity index (χ3n) is 2.89. The number of rotatable bonds is 6. The van der Waals surface area contributed by atoms with Crippen molar-refractivity contribution in [2.24, 2.45) is 0 Å². The lowest BCUT2D eigenvalue weighted by molar-refractivity contribution is -0.384. The molecule has 2 aromatic carbocycles. The topological polar surface area (TPSA) is 98.5 Å². The zero-order valence-corrected chi connectivity index (χ0v) is 13.5. The number of carbonyl (C=O) groups is 2. The number of anilines is 1. The maximum absolute atomic E-state index is 11.9. The van der Waals surface area contributed by atoms with Gasteiger partial charge in [0.05, 0.1) is 20.7 Å². The summed E-state index contributed by atoms with van der Waals surface area (Å²) in [6, 6.07) is 8.35. The first-order valence-corrected chi connectivity index (χ1v) is 7.27. The quantitative estimate of drug-likeness (QED) is 0.475. The number of hydrogen-bond donors (Lipinski definition) is 1. The van der Waals surface area contributed by atoms with Crippen LogP contribution < -0.4 is 10.1 Å². The van der Waals surface area contributed by atoms with Crippen LogP contribution in [-0.2, 0) is 4.79 Å². The highest BCUT2D eigenvalue weighted by atomic mass is 35.5. The highest BCUT2D eigenvalue weighted by Gasteiger charge is 2.16. The number of non-ortho nitro benzene ring substituents is 1. The van der Waals surface area contributed by atoms with Crippen molar-refractivity contribution in [1.82, 2.24) is 0 Å². The highest BCUT2D eigenvalue weighted by molar-refractivity contribution is 6.40. The van der Waals surface area contributed by atoms with Crippen molar-refractivity contribution in [1.29, 1.82) is 0 Å². The Balaban J connectivity index is 2.01. The summed E-state index contributed by atoms with van der Waals surface area (Å²) in [6.07, 6.45) is 0.690. The van der Waals surface area contributed by atoms with Gasteiger partial charge in [0.25, 0.3) is 11.6 Å². The van der Waals surface area contributed by atoms with Crippen molar-refractivity contribution >= 4 is 46.8 Å². The van der Waals surface area contributed by atoms with Gasteiger partial charge in [-0.15, -0.1) is 0 Å². The first kappa shape index (κ1) is 17.7. The van der Waals surface area contributed by atoms with Gasteiger partial charge in [-0.1, -0.05) is 23.2 Å². The molecule has 0 aliphatic carbocycles. The Bertz CT molecular complexity index is 770. The molecule has 2 aromatic rings. The van der Waals surface area contributed by atoms with Crippen LogP contribution in [0.2, 0.25) is 10.0 Å². The molecule has 0 fully saturated rings. The third kappa shape index (κ3) is 4.43. The number of nitro groups is 1. The molecule has 0 atom stereocenters. The van der Waals surface area contributed by atoms with Crippen molar-refractivity contribution in [3.8, 4) is 5.75 Å². The van der Waals surface area contributed by atoms with E-state index >= 15 is 0 Å². The maximum atomic E-state index is 11.9. The second kappa shape index (κ2) is 7.76. The van der Waals surface area contributed by atoms with E-state index in [1.807, 2.05) is 0 Å². The maximum Gasteiger partial charge on any atom is 0.272 e. The molecule has 2 rings (SSSR count). The number of hydrogen-bond acceptors (Lipinski definition) is 5. The normalized spacial score (nSPS) is 10.1. The van der Waals surface area contributed by atoms with E-state index in [9.17, 15) is 19.7 Å². The molecule has 9 heteroatoms. The smallest absolute Gasteiger partial charge is 0.272 e. The molecule has 0 spiro atoms. The van der Waals surface area contributed by atoms with Crippen LogP contribution in [0.15, 0.2) is 36.4 Å². The number of nitro benzene ring substituents is 1. The number of ether oxygens (including phenoxy) is 1. The molecule has 124 valence electrons. The van der Waals surface area contributed by atoms with E-state index in [1.165, 1.54) is 0 Å². The Hall–Kier alpha value is -2.64. The Morgan fingerprint density at radius 3 is 2.29 bits per heavy atom. The zero-order chi connectivity index (χ0) is 17.7. The summed E-state index contributed by atoms with van der Waals surface area (Å²) in [7, 11) is 0. The molecular weight excluding hydrogens is 359 g/mol. The number of nitrogens with one attached hydrogen (secondary N) is 1. The van der Waals surface area contributed by atoms with Crippen molar-refractivity contribution in [3.05, 3.63) is 62.1 Å². The Morgan fingerprint density at radius 2 is 1.79 bits per heavy atom. The summed E-state index contributed by atoms with van der Waals surface area (Å²) in [5.41, 5.74) is 0.264. The Morgan fingerprint density at radius 1 is 1.21 bits per heavy atom. The van der Waals surface area contributed by atoms with Crippen LogP contribution in [0.4, 0.5) is 11.4 Å². The van der Waals surface area contributed by atoms with E-state index in [-0.39, 0.29) is 28.0 Å². The standard InChI is InChI=1S/C15H10Cl2N2O5/c16-12-5-10(19(22)23)6-13(17)15(12)18-14(21)8-24-11-3-1-9(7-20)2-4-11/h1-7H,8H2,(H,18,21). The molecule has 0 radical (unpaired) electrons. The summed E-state index contributed by atoms with van der Waals surface area (Å²) in [5, 5.41) is 13.0. The van der Waals surface area contributed by atoms with E-state index < -0.39 is 10.8 Å². The average Bonchev–Trinajstić information content (AvgIpc) is 2.56. The van der Waals surface area contributed by atoms with Gasteiger partial charge in [-0.05, 0) is 24.3 Å². The van der Waals surface area contributed by atoms with Crippen LogP contribution in [0.3, 0.4) is 0 Å². The van der Waals surface area contributed by atoms with Crippen LogP contribution in [0.1, 0.15) is 10.4 Å². The second-order valence-corrected chi connectivity index (χ2v) is 5.38. The number of carbonyl (C=O) groups excluding carboxylic acids is 2. The third-order valence-corrected chi connectivity index (χ3v) is 3.48. The molecule has 0 bridgehead atoms. The fourth-order valence-corrected chi connectivity index (χ4v) is 2.32. The summed E-state index contributed by atoms with van der Waals surface area (Å²) >= 11 is 11.8. The molecule has 0 aromatic heterocycles. The monoisotopic (exact) mass is 368 g/mol. The average molecular weight is 369 g/mol. The number of benzene rings is 2. The molecule has 0 heterocycles. The van der Waals surface area contributed by atoms with Gasteiger partial charge in [-0.3, -0.25) is 19.7 Å². The molecule has 0 unspecified atom stereocenters. The summed E-state index contributed by atoms with van der Waals surface area (Å²) in [4.78, 5) is 32.5. The van der Waals surface area contributed by atoms with Crippen LogP contribution in [0.5, 0.6) is 5.75 Å². The van der Waals surface area contributed by atoms with Crippen molar-refractivity contribution in [2.75, 3.05) is 11.9 Å². The van der Waals surface area contributed by atoms with E-state index in [1.54, 1.807) is 24.3 Å². The van der Waals surface area contributed by atoms with Gasteiger partial charge in [-0.2, -0.15) is 0 Å². The van der Waals surface area contributed by atoms with Crippen molar-refractivity contribution < 1.29 is 19.2 Å². The minimum atomic E-state index is -0.643. The van der Waals surface area contributed by atoms with Crippen LogP contribution >= 0.6 is 23.2 Å². The Labute approximate surface area is 146 Å². The van der Waals surface area contributed by atoms with Gasteiger partial charge in [0.15, 0.2) is 6.61 Å². The first-order chi connectivity index (χ1) is 11.4. The van der Waals surface area contributed by atoms with Gasteiger partial charge in [-0.25, -0.2) is 0 Å². The number of nitrogens with zero attached hydrogens (tertiary/aromatic N) is 1. The van der Waals surface area contributed by atoms with Crippen LogP contribution in [0.25, 0.3) is 0 Å². The molecule has 24 heavy (non-hydrogen) atoms. The van der Waals surface area contributed by atoms with Gasteiger partial charge in [0, 0.05) is 17.7 Å². The van der Waals surface area contributed by atoms with Crippen molar-refractivity contribution in [3.63, 3.8) is 0 Å². The van der Waals surface area contributed by atoms with E-state index in [2.05, 4.69) is 5.32 Å². The molecule has 0 aliphatic rings. The Kier molecular flexibility index (Phi) is 5.73. The van der Waals surface area contributed by atoms with E-state index in [4.69, 9.17) is 27.9 Å². The fourth-order valence-electron chi connectivity index (χ4n) is 1.75. The first-order valence-electron chi connectivity index (χ1n) is 6.52. The van der Waals surface area contributed by atoms with Crippen LogP contribution in [-0.4, -0.2) is 23.7 Å². The molecule has 1 N–H and O–H groups in total. The zero-order valence-electron chi connectivity index (χ0n) is 12.0. The highest BCUT2D eigenvalue weighted by Crippen LogP contribution is 2.34. The van der Waals surface area contributed by atoms with Gasteiger partial charge in [0.1, 0.15) is 12.0 Å². The summed E-state index contributed by atoms with van der Waals surface area (Å²) in [6.45, 7) is -0.329. The van der Waals surface area contributed by atoms with Crippen LogP contribution in [0, 0.1) is 10.1 Å².